The molecule has 110 valence electrons. The number of alkyl halides is 3. The molecule has 0 N–H and O–H groups in total. The largest absolute Gasteiger partial charge is 0.302 e. The summed E-state index contributed by atoms with van der Waals surface area (Å²) in [5.74, 6) is 0.530. The molecule has 0 aliphatic rings. The van der Waals surface area contributed by atoms with E-state index in [1.807, 2.05) is 30.5 Å². The Kier molecular flexibility index (Phi) is 3.67. The molecule has 0 radical (unpaired) electrons. The van der Waals surface area contributed by atoms with E-state index < -0.39 is 18.5 Å². The highest BCUT2D eigenvalue weighted by atomic mass is 19.3. The van der Waals surface area contributed by atoms with Crippen LogP contribution in [0.4, 0.5) is 13.2 Å². The minimum absolute atomic E-state index is 0.192. The van der Waals surface area contributed by atoms with Crippen molar-refractivity contribution < 1.29 is 13.2 Å². The number of nitrogens with zero attached hydrogens (tertiary/aromatic N) is 3. The molecule has 0 aromatic carbocycles. The van der Waals surface area contributed by atoms with E-state index in [9.17, 15) is 13.2 Å². The van der Waals surface area contributed by atoms with Crippen molar-refractivity contribution in [3.8, 4) is 5.82 Å². The second-order valence-electron chi connectivity index (χ2n) is 5.31. The summed E-state index contributed by atoms with van der Waals surface area (Å²) in [6.45, 7) is 3.90. The Morgan fingerprint density at radius 1 is 1.25 bits per heavy atom. The normalized spacial score (nSPS) is 14.8. The molecule has 0 amide bonds. The van der Waals surface area contributed by atoms with Crippen LogP contribution in [0.5, 0.6) is 0 Å². The zero-order valence-corrected chi connectivity index (χ0v) is 12.0. The molecule has 0 bridgehead atoms. The molecule has 0 fully saturated rings. The van der Waals surface area contributed by atoms with E-state index in [1.165, 1.54) is 17.7 Å². The molecule has 0 aliphatic heterocycles. The molecule has 20 heavy (non-hydrogen) atoms. The maximum Gasteiger partial charge on any atom is 0.251 e. The summed E-state index contributed by atoms with van der Waals surface area (Å²) >= 11 is 0. The summed E-state index contributed by atoms with van der Waals surface area (Å²) in [5, 5.41) is 4.25. The van der Waals surface area contributed by atoms with E-state index in [1.54, 1.807) is 7.05 Å². The molecule has 2 rings (SSSR count). The lowest BCUT2D eigenvalue weighted by molar-refractivity contribution is 0.0393. The van der Waals surface area contributed by atoms with Crippen LogP contribution in [0.15, 0.2) is 18.2 Å². The van der Waals surface area contributed by atoms with Crippen LogP contribution >= 0.6 is 0 Å². The lowest BCUT2D eigenvalue weighted by Gasteiger charge is -2.24. The van der Waals surface area contributed by atoms with Crippen molar-refractivity contribution in [3.63, 3.8) is 0 Å². The number of hydrogen-bond acceptors (Lipinski definition) is 1. The first kappa shape index (κ1) is 14.7. The van der Waals surface area contributed by atoms with Gasteiger partial charge in [0, 0.05) is 24.5 Å². The summed E-state index contributed by atoms with van der Waals surface area (Å²) < 4.78 is 42.7. The third-order valence-electron chi connectivity index (χ3n) is 3.71. The predicted molar refractivity (Wildman–Crippen MR) is 71.3 cm³/mol. The van der Waals surface area contributed by atoms with Gasteiger partial charge in [-0.3, -0.25) is 4.68 Å². The van der Waals surface area contributed by atoms with Crippen LogP contribution < -0.4 is 0 Å². The molecular formula is C14H18F3N3. The minimum Gasteiger partial charge on any atom is -0.302 e. The number of rotatable bonds is 4. The van der Waals surface area contributed by atoms with Crippen LogP contribution in [0.3, 0.4) is 0 Å². The highest BCUT2D eigenvalue weighted by Crippen LogP contribution is 2.32. The maximum absolute atomic E-state index is 13.2. The van der Waals surface area contributed by atoms with Gasteiger partial charge in [-0.1, -0.05) is 0 Å². The fourth-order valence-electron chi connectivity index (χ4n) is 2.36. The SMILES string of the molecule is Cc1ccc(C)n1-c1cc(C(C)(CF)C(F)F)n(C)n1. The summed E-state index contributed by atoms with van der Waals surface area (Å²) in [5.41, 5.74) is 0.254. The zero-order valence-electron chi connectivity index (χ0n) is 12.0. The Bertz CT molecular complexity index is 596. The van der Waals surface area contributed by atoms with Crippen LogP contribution in [0, 0.1) is 13.8 Å². The second-order valence-corrected chi connectivity index (χ2v) is 5.31. The van der Waals surface area contributed by atoms with Gasteiger partial charge in [0.25, 0.3) is 6.43 Å². The molecule has 0 aliphatic carbocycles. The standard InChI is InChI=1S/C14H18F3N3/c1-9-5-6-10(2)20(9)12-7-11(19(4)18-12)14(3,8-15)13(16)17/h5-7,13H,8H2,1-4H3. The molecule has 2 heterocycles. The summed E-state index contributed by atoms with van der Waals surface area (Å²) in [7, 11) is 1.56. The van der Waals surface area contributed by atoms with Gasteiger partial charge >= 0.3 is 0 Å². The smallest absolute Gasteiger partial charge is 0.251 e. The van der Waals surface area contributed by atoms with Gasteiger partial charge < -0.3 is 4.57 Å². The highest BCUT2D eigenvalue weighted by molar-refractivity contribution is 5.35. The van der Waals surface area contributed by atoms with Gasteiger partial charge in [-0.25, -0.2) is 13.2 Å². The molecule has 0 saturated heterocycles. The molecular weight excluding hydrogens is 267 g/mol. The average Bonchev–Trinajstić information content (AvgIpc) is 2.92. The van der Waals surface area contributed by atoms with Gasteiger partial charge in [-0.05, 0) is 32.9 Å². The molecule has 1 unspecified atom stereocenters. The Balaban J connectivity index is 2.56. The van der Waals surface area contributed by atoms with Crippen molar-refractivity contribution in [2.24, 2.45) is 7.05 Å². The quantitative estimate of drug-likeness (QED) is 0.845. The molecule has 0 spiro atoms. The molecule has 0 saturated carbocycles. The van der Waals surface area contributed by atoms with Crippen molar-refractivity contribution in [1.29, 1.82) is 0 Å². The molecule has 6 heteroatoms. The van der Waals surface area contributed by atoms with Crippen molar-refractivity contribution in [2.75, 3.05) is 6.67 Å². The van der Waals surface area contributed by atoms with Crippen LogP contribution in [-0.2, 0) is 12.5 Å². The first-order valence-corrected chi connectivity index (χ1v) is 6.35. The fraction of sp³-hybridized carbons (Fsp3) is 0.500. The van der Waals surface area contributed by atoms with Gasteiger partial charge in [0.05, 0.1) is 11.1 Å². The van der Waals surface area contributed by atoms with Crippen molar-refractivity contribution in [3.05, 3.63) is 35.3 Å². The lowest BCUT2D eigenvalue weighted by Crippen LogP contribution is -2.35. The zero-order chi connectivity index (χ0) is 15.1. The molecule has 2 aromatic rings. The van der Waals surface area contributed by atoms with E-state index in [0.717, 1.165) is 11.4 Å². The third-order valence-corrected chi connectivity index (χ3v) is 3.71. The maximum atomic E-state index is 13.2. The number of aromatic nitrogens is 3. The van der Waals surface area contributed by atoms with Crippen molar-refractivity contribution >= 4 is 0 Å². The van der Waals surface area contributed by atoms with E-state index in [4.69, 9.17) is 0 Å². The minimum atomic E-state index is -2.79. The lowest BCUT2D eigenvalue weighted by atomic mass is 9.88. The Morgan fingerprint density at radius 2 is 1.80 bits per heavy atom. The van der Waals surface area contributed by atoms with E-state index in [-0.39, 0.29) is 5.69 Å². The number of hydrogen-bond donors (Lipinski definition) is 0. The third kappa shape index (κ3) is 2.13. The number of aryl methyl sites for hydroxylation is 3. The van der Waals surface area contributed by atoms with Gasteiger partial charge in [0.2, 0.25) is 0 Å². The average molecular weight is 285 g/mol. The first-order valence-electron chi connectivity index (χ1n) is 6.35. The van der Waals surface area contributed by atoms with Crippen LogP contribution in [-0.4, -0.2) is 27.4 Å². The fourth-order valence-corrected chi connectivity index (χ4v) is 2.36. The number of halogens is 3. The van der Waals surface area contributed by atoms with Gasteiger partial charge in [0.1, 0.15) is 6.67 Å². The summed E-state index contributed by atoms with van der Waals surface area (Å²) in [4.78, 5) is 0. The van der Waals surface area contributed by atoms with Crippen LogP contribution in [0.25, 0.3) is 5.82 Å². The monoisotopic (exact) mass is 285 g/mol. The molecule has 2 aromatic heterocycles. The van der Waals surface area contributed by atoms with Crippen molar-refractivity contribution in [1.82, 2.24) is 14.3 Å². The Hall–Kier alpha value is -1.72. The second kappa shape index (κ2) is 5.00. The van der Waals surface area contributed by atoms with Gasteiger partial charge in [-0.15, -0.1) is 0 Å². The van der Waals surface area contributed by atoms with E-state index >= 15 is 0 Å². The van der Waals surface area contributed by atoms with Crippen LogP contribution in [0.1, 0.15) is 24.0 Å². The van der Waals surface area contributed by atoms with Gasteiger partial charge in [0.15, 0.2) is 5.82 Å². The Labute approximate surface area is 116 Å². The first-order chi connectivity index (χ1) is 9.31. The van der Waals surface area contributed by atoms with Gasteiger partial charge in [-0.2, -0.15) is 5.10 Å². The van der Waals surface area contributed by atoms with E-state index in [2.05, 4.69) is 5.10 Å². The Morgan fingerprint density at radius 3 is 2.25 bits per heavy atom. The van der Waals surface area contributed by atoms with Crippen molar-refractivity contribution in [2.45, 2.75) is 32.6 Å². The van der Waals surface area contributed by atoms with E-state index in [0.29, 0.717) is 5.82 Å². The van der Waals surface area contributed by atoms with Crippen LogP contribution in [0.2, 0.25) is 0 Å². The topological polar surface area (TPSA) is 22.8 Å². The molecule has 1 atom stereocenters. The molecule has 3 nitrogen and oxygen atoms in total. The predicted octanol–water partition coefficient (Wildman–Crippen LogP) is 3.32. The summed E-state index contributed by atoms with van der Waals surface area (Å²) in [6.07, 6.45) is -2.79. The highest BCUT2D eigenvalue weighted by Gasteiger charge is 2.40. The summed E-state index contributed by atoms with van der Waals surface area (Å²) in [6, 6.07) is 5.38.